The maximum Gasteiger partial charge on any atom is 0.245 e. The van der Waals surface area contributed by atoms with Crippen LogP contribution in [0, 0.1) is 13.8 Å². The molecule has 9 heteroatoms. The van der Waals surface area contributed by atoms with Crippen molar-refractivity contribution in [3.8, 4) is 11.4 Å². The minimum Gasteiger partial charge on any atom is -0.325 e. The molecule has 0 saturated carbocycles. The summed E-state index contributed by atoms with van der Waals surface area (Å²) in [6, 6.07) is 14.6. The van der Waals surface area contributed by atoms with Crippen molar-refractivity contribution >= 4 is 21.6 Å². The van der Waals surface area contributed by atoms with Gasteiger partial charge >= 0.3 is 0 Å². The Morgan fingerprint density at radius 2 is 1.87 bits per heavy atom. The molecule has 1 amide bonds. The molecule has 1 atom stereocenters. The minimum atomic E-state index is -3.78. The number of hydrogen-bond donors (Lipinski definition) is 1. The van der Waals surface area contributed by atoms with Crippen LogP contribution < -0.4 is 5.32 Å². The normalized spacial score (nSPS) is 17.1. The molecule has 0 spiro atoms. The van der Waals surface area contributed by atoms with Crippen LogP contribution in [0.25, 0.3) is 11.4 Å². The molecule has 8 nitrogen and oxygen atoms in total. The number of anilines is 1. The summed E-state index contributed by atoms with van der Waals surface area (Å²) in [6.07, 6.45) is 0.638. The van der Waals surface area contributed by atoms with Gasteiger partial charge in [0.1, 0.15) is 10.7 Å². The van der Waals surface area contributed by atoms with E-state index in [4.69, 9.17) is 0 Å². The molecule has 2 heterocycles. The van der Waals surface area contributed by atoms with E-state index in [1.54, 1.807) is 18.2 Å². The van der Waals surface area contributed by atoms with Gasteiger partial charge in [0.25, 0.3) is 0 Å². The van der Waals surface area contributed by atoms with Crippen molar-refractivity contribution in [3.05, 3.63) is 59.9 Å². The van der Waals surface area contributed by atoms with E-state index >= 15 is 0 Å². The van der Waals surface area contributed by atoms with E-state index < -0.39 is 10.0 Å². The number of nitrogens with one attached hydrogen (secondary N) is 1. The molecule has 1 N–H and O–H groups in total. The van der Waals surface area contributed by atoms with Gasteiger partial charge in [-0.1, -0.05) is 36.4 Å². The number of benzene rings is 2. The van der Waals surface area contributed by atoms with Gasteiger partial charge in [-0.3, -0.25) is 4.79 Å². The summed E-state index contributed by atoms with van der Waals surface area (Å²) in [5, 5.41) is 7.28. The molecule has 0 aliphatic carbocycles. The number of nitrogens with zero attached hydrogens (tertiary/aromatic N) is 4. The highest BCUT2D eigenvalue weighted by Gasteiger charge is 2.36. The van der Waals surface area contributed by atoms with E-state index in [0.717, 1.165) is 17.0 Å². The second-order valence-electron chi connectivity index (χ2n) is 7.78. The molecule has 0 bridgehead atoms. The molecule has 162 valence electrons. The van der Waals surface area contributed by atoms with Gasteiger partial charge in [0, 0.05) is 25.6 Å². The van der Waals surface area contributed by atoms with E-state index in [0.29, 0.717) is 31.0 Å². The molecule has 1 aliphatic heterocycles. The van der Waals surface area contributed by atoms with Crippen LogP contribution in [0.5, 0.6) is 0 Å². The summed E-state index contributed by atoms with van der Waals surface area (Å²) in [7, 11) is -3.78. The highest BCUT2D eigenvalue weighted by molar-refractivity contribution is 7.89. The highest BCUT2D eigenvalue weighted by Crippen LogP contribution is 2.32. The Morgan fingerprint density at radius 3 is 2.58 bits per heavy atom. The Balaban J connectivity index is 1.60. The Labute approximate surface area is 182 Å². The molecule has 1 aliphatic rings. The lowest BCUT2D eigenvalue weighted by atomic mass is 10.2. The molecule has 3 aromatic rings. The van der Waals surface area contributed by atoms with Crippen molar-refractivity contribution in [2.75, 3.05) is 18.4 Å². The van der Waals surface area contributed by atoms with E-state index in [2.05, 4.69) is 15.4 Å². The Morgan fingerprint density at radius 1 is 1.13 bits per heavy atom. The summed E-state index contributed by atoms with van der Waals surface area (Å²) < 4.78 is 30.1. The molecule has 1 saturated heterocycles. The highest BCUT2D eigenvalue weighted by atomic mass is 32.2. The fraction of sp³-hybridized carbons (Fsp3) is 0.318. The number of aromatic nitrogens is 3. The van der Waals surface area contributed by atoms with E-state index in [1.165, 1.54) is 11.2 Å². The van der Waals surface area contributed by atoms with Crippen molar-refractivity contribution < 1.29 is 13.2 Å². The lowest BCUT2D eigenvalue weighted by Crippen LogP contribution is -2.30. The van der Waals surface area contributed by atoms with Crippen LogP contribution in [0.2, 0.25) is 0 Å². The SMILES string of the molecule is CC(=O)Nc1ccc(C)cc1S(=O)(=O)N1CC[C@H](n2nc(-c3ccccc3)nc2C)C1. The van der Waals surface area contributed by atoms with Gasteiger partial charge in [0.15, 0.2) is 5.82 Å². The molecule has 1 aromatic heterocycles. The minimum absolute atomic E-state index is 0.103. The molecule has 1 fully saturated rings. The number of carbonyl (C=O) groups excluding carboxylic acids is 1. The van der Waals surface area contributed by atoms with Crippen LogP contribution in [0.1, 0.15) is 30.8 Å². The molecular weight excluding hydrogens is 414 g/mol. The number of sulfonamides is 1. The second kappa shape index (κ2) is 8.24. The van der Waals surface area contributed by atoms with Gasteiger partial charge in [0.05, 0.1) is 11.7 Å². The van der Waals surface area contributed by atoms with Crippen molar-refractivity contribution in [3.63, 3.8) is 0 Å². The summed E-state index contributed by atoms with van der Waals surface area (Å²) in [4.78, 5) is 16.2. The Kier molecular flexibility index (Phi) is 5.63. The van der Waals surface area contributed by atoms with Crippen LogP contribution in [-0.2, 0) is 14.8 Å². The third kappa shape index (κ3) is 4.24. The maximum absolute atomic E-state index is 13.4. The van der Waals surface area contributed by atoms with Gasteiger partial charge in [-0.15, -0.1) is 0 Å². The molecular formula is C22H25N5O3S. The van der Waals surface area contributed by atoms with Crippen LogP contribution in [0.4, 0.5) is 5.69 Å². The van der Waals surface area contributed by atoms with E-state index in [-0.39, 0.29) is 16.8 Å². The standard InChI is InChI=1S/C22H25N5O3S/c1-15-9-10-20(24-17(3)28)21(13-15)31(29,30)26-12-11-19(14-26)27-16(2)23-22(25-27)18-7-5-4-6-8-18/h4-10,13,19H,11-12,14H2,1-3H3,(H,24,28)/t19-/m0/s1. The number of rotatable bonds is 5. The van der Waals surface area contributed by atoms with Crippen LogP contribution in [0.15, 0.2) is 53.4 Å². The lowest BCUT2D eigenvalue weighted by molar-refractivity contribution is -0.114. The fourth-order valence-corrected chi connectivity index (χ4v) is 5.58. The van der Waals surface area contributed by atoms with Gasteiger partial charge < -0.3 is 5.32 Å². The summed E-state index contributed by atoms with van der Waals surface area (Å²) >= 11 is 0. The van der Waals surface area contributed by atoms with Crippen molar-refractivity contribution in [1.29, 1.82) is 0 Å². The number of amides is 1. The molecule has 2 aromatic carbocycles. The third-order valence-corrected chi connectivity index (χ3v) is 7.28. The van der Waals surface area contributed by atoms with Crippen molar-refractivity contribution in [1.82, 2.24) is 19.1 Å². The van der Waals surface area contributed by atoms with Gasteiger partial charge in [-0.25, -0.2) is 18.1 Å². The predicted molar refractivity (Wildman–Crippen MR) is 118 cm³/mol. The monoisotopic (exact) mass is 439 g/mol. The van der Waals surface area contributed by atoms with Gasteiger partial charge in [-0.2, -0.15) is 9.40 Å². The first-order chi connectivity index (χ1) is 14.8. The summed E-state index contributed by atoms with van der Waals surface area (Å²) in [5.74, 6) is 1.06. The van der Waals surface area contributed by atoms with Crippen LogP contribution >= 0.6 is 0 Å². The molecule has 4 rings (SSSR count). The Bertz CT molecular complexity index is 1220. The smallest absolute Gasteiger partial charge is 0.245 e. The van der Waals surface area contributed by atoms with E-state index in [1.807, 2.05) is 48.9 Å². The quantitative estimate of drug-likeness (QED) is 0.659. The van der Waals surface area contributed by atoms with Crippen molar-refractivity contribution in [2.24, 2.45) is 0 Å². The van der Waals surface area contributed by atoms with Gasteiger partial charge in [-0.05, 0) is 38.0 Å². The third-order valence-electron chi connectivity index (χ3n) is 5.37. The maximum atomic E-state index is 13.4. The average Bonchev–Trinajstić information content (AvgIpc) is 3.37. The predicted octanol–water partition coefficient (Wildman–Crippen LogP) is 3.16. The number of hydrogen-bond acceptors (Lipinski definition) is 5. The molecule has 31 heavy (non-hydrogen) atoms. The zero-order chi connectivity index (χ0) is 22.2. The first kappa shape index (κ1) is 21.2. The van der Waals surface area contributed by atoms with Crippen LogP contribution in [-0.4, -0.2) is 46.5 Å². The van der Waals surface area contributed by atoms with Crippen molar-refractivity contribution in [2.45, 2.75) is 38.1 Å². The molecule has 0 radical (unpaired) electrons. The number of aryl methyl sites for hydroxylation is 2. The summed E-state index contributed by atoms with van der Waals surface area (Å²) in [5.41, 5.74) is 2.03. The Hall–Kier alpha value is -3.04. The fourth-order valence-electron chi connectivity index (χ4n) is 3.86. The first-order valence-corrected chi connectivity index (χ1v) is 11.6. The zero-order valence-electron chi connectivity index (χ0n) is 17.7. The van der Waals surface area contributed by atoms with Crippen LogP contribution in [0.3, 0.4) is 0 Å². The molecule has 0 unspecified atom stereocenters. The largest absolute Gasteiger partial charge is 0.325 e. The summed E-state index contributed by atoms with van der Waals surface area (Å²) in [6.45, 7) is 5.74. The first-order valence-electron chi connectivity index (χ1n) is 10.1. The second-order valence-corrected chi connectivity index (χ2v) is 9.69. The number of carbonyl (C=O) groups is 1. The average molecular weight is 440 g/mol. The lowest BCUT2D eigenvalue weighted by Gasteiger charge is -2.19. The zero-order valence-corrected chi connectivity index (χ0v) is 18.6. The van der Waals surface area contributed by atoms with Gasteiger partial charge in [0.2, 0.25) is 15.9 Å². The van der Waals surface area contributed by atoms with E-state index in [9.17, 15) is 13.2 Å². The topological polar surface area (TPSA) is 97.2 Å².